The normalized spacial score (nSPS) is 18.2. The molecule has 0 unspecified atom stereocenters. The van der Waals surface area contributed by atoms with Crippen LogP contribution in [0.2, 0.25) is 0 Å². The molecule has 0 aromatic carbocycles. The van der Waals surface area contributed by atoms with Gasteiger partial charge in [-0.05, 0) is 25.8 Å². The zero-order valence-electron chi connectivity index (χ0n) is 7.66. The minimum absolute atomic E-state index is 0.250. The lowest BCUT2D eigenvalue weighted by Crippen LogP contribution is -2.29. The largest absolute Gasteiger partial charge is 0.480 e. The van der Waals surface area contributed by atoms with Crippen molar-refractivity contribution in [1.82, 2.24) is 9.78 Å². The van der Waals surface area contributed by atoms with Crippen molar-refractivity contribution < 1.29 is 4.74 Å². The van der Waals surface area contributed by atoms with Gasteiger partial charge in [0.05, 0.1) is 6.61 Å². The average Bonchev–Trinajstić information content (AvgIpc) is 2.76. The van der Waals surface area contributed by atoms with Gasteiger partial charge in [0, 0.05) is 12.4 Å². The van der Waals surface area contributed by atoms with Gasteiger partial charge in [-0.15, -0.1) is 0 Å². The molecule has 0 spiro atoms. The molecule has 13 heavy (non-hydrogen) atoms. The molecule has 0 atom stereocenters. The summed E-state index contributed by atoms with van der Waals surface area (Å²) in [7, 11) is 0. The Kier molecular flexibility index (Phi) is 1.83. The van der Waals surface area contributed by atoms with Gasteiger partial charge < -0.3 is 4.74 Å². The Bertz CT molecular complexity index is 301. The molecule has 1 fully saturated rings. The minimum Gasteiger partial charge on any atom is -0.480 e. The molecule has 0 saturated heterocycles. The van der Waals surface area contributed by atoms with Crippen LogP contribution >= 0.6 is 0 Å². The standard InChI is InChI=1S/C9H13N3O/c1-2-13-8(10)9(4-5-9)12-7-3-6-11-12/h3,6-7,10H,2,4-5H2,1H3. The smallest absolute Gasteiger partial charge is 0.209 e. The summed E-state index contributed by atoms with van der Waals surface area (Å²) in [4.78, 5) is 0. The number of rotatable bonds is 3. The van der Waals surface area contributed by atoms with E-state index in [0.717, 1.165) is 12.8 Å². The summed E-state index contributed by atoms with van der Waals surface area (Å²) in [6.45, 7) is 2.45. The monoisotopic (exact) mass is 179 g/mol. The lowest BCUT2D eigenvalue weighted by atomic mass is 10.3. The molecule has 4 heteroatoms. The Balaban J connectivity index is 2.17. The van der Waals surface area contributed by atoms with Crippen molar-refractivity contribution >= 4 is 5.90 Å². The molecule has 0 bridgehead atoms. The van der Waals surface area contributed by atoms with Gasteiger partial charge in [0.15, 0.2) is 0 Å². The second-order valence-electron chi connectivity index (χ2n) is 3.24. The predicted molar refractivity (Wildman–Crippen MR) is 48.8 cm³/mol. The summed E-state index contributed by atoms with van der Waals surface area (Å²) in [5.41, 5.74) is -0.250. The molecule has 1 heterocycles. The molecule has 1 aromatic heterocycles. The molecule has 4 nitrogen and oxygen atoms in total. The van der Waals surface area contributed by atoms with Crippen molar-refractivity contribution in [3.63, 3.8) is 0 Å². The number of hydrogen-bond donors (Lipinski definition) is 1. The fourth-order valence-electron chi connectivity index (χ4n) is 1.48. The van der Waals surface area contributed by atoms with Gasteiger partial charge in [-0.1, -0.05) is 0 Å². The Morgan fingerprint density at radius 1 is 1.69 bits per heavy atom. The van der Waals surface area contributed by atoms with E-state index in [0.29, 0.717) is 12.5 Å². The molecule has 1 aromatic rings. The Morgan fingerprint density at radius 3 is 2.92 bits per heavy atom. The van der Waals surface area contributed by atoms with Crippen molar-refractivity contribution in [2.24, 2.45) is 0 Å². The van der Waals surface area contributed by atoms with Crippen LogP contribution in [-0.4, -0.2) is 22.3 Å². The van der Waals surface area contributed by atoms with Crippen LogP contribution in [0.5, 0.6) is 0 Å². The lowest BCUT2D eigenvalue weighted by Gasteiger charge is -2.16. The average molecular weight is 179 g/mol. The maximum absolute atomic E-state index is 7.75. The molecule has 1 N–H and O–H groups in total. The molecule has 0 amide bonds. The second kappa shape index (κ2) is 2.87. The summed E-state index contributed by atoms with van der Waals surface area (Å²) >= 11 is 0. The fourth-order valence-corrected chi connectivity index (χ4v) is 1.48. The van der Waals surface area contributed by atoms with Crippen LogP contribution in [0.3, 0.4) is 0 Å². The second-order valence-corrected chi connectivity index (χ2v) is 3.24. The zero-order valence-corrected chi connectivity index (χ0v) is 7.66. The van der Waals surface area contributed by atoms with Crippen LogP contribution in [0.15, 0.2) is 18.5 Å². The first-order valence-corrected chi connectivity index (χ1v) is 4.51. The van der Waals surface area contributed by atoms with Gasteiger partial charge in [0.2, 0.25) is 5.90 Å². The highest BCUT2D eigenvalue weighted by atomic mass is 16.5. The molecule has 0 aliphatic heterocycles. The Labute approximate surface area is 77.0 Å². The molecule has 1 aliphatic rings. The van der Waals surface area contributed by atoms with Crippen molar-refractivity contribution in [2.45, 2.75) is 25.3 Å². The van der Waals surface area contributed by atoms with Crippen molar-refractivity contribution in [3.05, 3.63) is 18.5 Å². The van der Waals surface area contributed by atoms with Crippen LogP contribution in [0, 0.1) is 5.41 Å². The Morgan fingerprint density at radius 2 is 2.46 bits per heavy atom. The SMILES string of the molecule is CCOC(=N)C1(n2cccn2)CC1. The van der Waals surface area contributed by atoms with Crippen LogP contribution in [0.25, 0.3) is 0 Å². The fraction of sp³-hybridized carbons (Fsp3) is 0.556. The highest BCUT2D eigenvalue weighted by Gasteiger charge is 2.51. The number of hydrogen-bond acceptors (Lipinski definition) is 3. The van der Waals surface area contributed by atoms with E-state index in [2.05, 4.69) is 5.10 Å². The lowest BCUT2D eigenvalue weighted by molar-refractivity contribution is 0.285. The van der Waals surface area contributed by atoms with E-state index >= 15 is 0 Å². The summed E-state index contributed by atoms with van der Waals surface area (Å²) in [6, 6.07) is 1.87. The van der Waals surface area contributed by atoms with Crippen LogP contribution in [0.1, 0.15) is 19.8 Å². The van der Waals surface area contributed by atoms with Gasteiger partial charge in [-0.3, -0.25) is 10.1 Å². The van der Waals surface area contributed by atoms with Gasteiger partial charge in [-0.2, -0.15) is 5.10 Å². The summed E-state index contributed by atoms with van der Waals surface area (Å²) in [6.07, 6.45) is 5.56. The molecule has 1 saturated carbocycles. The zero-order chi connectivity index (χ0) is 9.31. The van der Waals surface area contributed by atoms with Crippen molar-refractivity contribution in [2.75, 3.05) is 6.61 Å². The van der Waals surface area contributed by atoms with E-state index in [4.69, 9.17) is 10.1 Å². The third kappa shape index (κ3) is 1.22. The molecule has 0 radical (unpaired) electrons. The number of nitrogens with one attached hydrogen (secondary N) is 1. The van der Waals surface area contributed by atoms with Crippen LogP contribution in [0.4, 0.5) is 0 Å². The topological polar surface area (TPSA) is 50.9 Å². The van der Waals surface area contributed by atoms with Crippen molar-refractivity contribution in [1.29, 1.82) is 5.41 Å². The van der Waals surface area contributed by atoms with Gasteiger partial charge in [0.1, 0.15) is 5.54 Å². The van der Waals surface area contributed by atoms with E-state index in [9.17, 15) is 0 Å². The first-order chi connectivity index (χ1) is 6.29. The summed E-state index contributed by atoms with van der Waals surface area (Å²) in [5, 5.41) is 11.9. The number of ether oxygens (including phenoxy) is 1. The number of nitrogens with zero attached hydrogens (tertiary/aromatic N) is 2. The highest BCUT2D eigenvalue weighted by Crippen LogP contribution is 2.44. The van der Waals surface area contributed by atoms with Gasteiger partial charge in [-0.25, -0.2) is 0 Å². The summed E-state index contributed by atoms with van der Waals surface area (Å²) in [5.74, 6) is 0.346. The van der Waals surface area contributed by atoms with E-state index in [-0.39, 0.29) is 5.54 Å². The van der Waals surface area contributed by atoms with Gasteiger partial charge in [0.25, 0.3) is 0 Å². The van der Waals surface area contributed by atoms with E-state index in [1.165, 1.54) is 0 Å². The quantitative estimate of drug-likeness (QED) is 0.563. The van der Waals surface area contributed by atoms with Crippen LogP contribution < -0.4 is 0 Å². The van der Waals surface area contributed by atoms with E-state index in [1.54, 1.807) is 6.20 Å². The van der Waals surface area contributed by atoms with Crippen LogP contribution in [-0.2, 0) is 10.3 Å². The Hall–Kier alpha value is -1.32. The predicted octanol–water partition coefficient (Wildman–Crippen LogP) is 1.39. The first kappa shape index (κ1) is 8.29. The molecule has 70 valence electrons. The maximum Gasteiger partial charge on any atom is 0.209 e. The number of aromatic nitrogens is 2. The van der Waals surface area contributed by atoms with E-state index in [1.807, 2.05) is 23.9 Å². The maximum atomic E-state index is 7.75. The van der Waals surface area contributed by atoms with Crippen molar-refractivity contribution in [3.8, 4) is 0 Å². The molecular weight excluding hydrogens is 166 g/mol. The van der Waals surface area contributed by atoms with E-state index < -0.39 is 0 Å². The first-order valence-electron chi connectivity index (χ1n) is 4.51. The molecule has 2 rings (SSSR count). The van der Waals surface area contributed by atoms with Gasteiger partial charge >= 0.3 is 0 Å². The third-order valence-corrected chi connectivity index (χ3v) is 2.38. The minimum atomic E-state index is -0.250. The third-order valence-electron chi connectivity index (χ3n) is 2.38. The summed E-state index contributed by atoms with van der Waals surface area (Å²) < 4.78 is 7.04. The molecular formula is C9H13N3O. The highest BCUT2D eigenvalue weighted by molar-refractivity contribution is 5.84. The molecule has 1 aliphatic carbocycles.